The third-order valence-electron chi connectivity index (χ3n) is 3.40. The minimum absolute atomic E-state index is 0.212. The molecule has 2 unspecified atom stereocenters. The van der Waals surface area contributed by atoms with Crippen LogP contribution in [-0.4, -0.2) is 34.2 Å². The Balaban J connectivity index is 1.92. The standard InChI is InChI=1S/C13H19ClN2O/c1-10(17)11-3-2-6-16(8-11)9-13-5-4-12(14)7-15-13/h4-5,7,10-11,17H,2-3,6,8-9H2,1H3. The van der Waals surface area contributed by atoms with Gasteiger partial charge in [-0.1, -0.05) is 11.6 Å². The molecule has 2 rings (SSSR count). The van der Waals surface area contributed by atoms with E-state index in [-0.39, 0.29) is 6.10 Å². The zero-order valence-corrected chi connectivity index (χ0v) is 10.9. The smallest absolute Gasteiger partial charge is 0.0589 e. The van der Waals surface area contributed by atoms with Crippen LogP contribution in [0.25, 0.3) is 0 Å². The Morgan fingerprint density at radius 1 is 1.59 bits per heavy atom. The maximum Gasteiger partial charge on any atom is 0.0589 e. The fourth-order valence-corrected chi connectivity index (χ4v) is 2.47. The van der Waals surface area contributed by atoms with E-state index in [1.54, 1.807) is 6.20 Å². The zero-order valence-electron chi connectivity index (χ0n) is 10.1. The highest BCUT2D eigenvalue weighted by Gasteiger charge is 2.23. The molecule has 2 atom stereocenters. The summed E-state index contributed by atoms with van der Waals surface area (Å²) in [5, 5.41) is 10.3. The first kappa shape index (κ1) is 12.8. The average molecular weight is 255 g/mol. The number of aromatic nitrogens is 1. The van der Waals surface area contributed by atoms with Crippen molar-refractivity contribution in [3.05, 3.63) is 29.0 Å². The minimum atomic E-state index is -0.212. The van der Waals surface area contributed by atoms with Gasteiger partial charge in [0.15, 0.2) is 0 Å². The molecular weight excluding hydrogens is 236 g/mol. The summed E-state index contributed by atoms with van der Waals surface area (Å²) in [5.41, 5.74) is 1.04. The molecule has 17 heavy (non-hydrogen) atoms. The van der Waals surface area contributed by atoms with E-state index in [2.05, 4.69) is 9.88 Å². The van der Waals surface area contributed by atoms with Gasteiger partial charge < -0.3 is 5.11 Å². The highest BCUT2D eigenvalue weighted by Crippen LogP contribution is 2.21. The summed E-state index contributed by atoms with van der Waals surface area (Å²) in [4.78, 5) is 6.66. The zero-order chi connectivity index (χ0) is 12.3. The lowest BCUT2D eigenvalue weighted by Gasteiger charge is -2.33. The van der Waals surface area contributed by atoms with Crippen molar-refractivity contribution in [2.45, 2.75) is 32.4 Å². The number of halogens is 1. The van der Waals surface area contributed by atoms with Gasteiger partial charge in [0.2, 0.25) is 0 Å². The van der Waals surface area contributed by atoms with Gasteiger partial charge in [0.05, 0.1) is 16.8 Å². The Morgan fingerprint density at radius 3 is 3.06 bits per heavy atom. The van der Waals surface area contributed by atoms with Crippen LogP contribution in [0, 0.1) is 5.92 Å². The first-order chi connectivity index (χ1) is 8.15. The predicted molar refractivity (Wildman–Crippen MR) is 68.9 cm³/mol. The van der Waals surface area contributed by atoms with Gasteiger partial charge in [0.25, 0.3) is 0 Å². The molecule has 0 bridgehead atoms. The van der Waals surface area contributed by atoms with Crippen molar-refractivity contribution < 1.29 is 5.11 Å². The topological polar surface area (TPSA) is 36.4 Å². The molecule has 3 nitrogen and oxygen atoms in total. The maximum absolute atomic E-state index is 9.64. The molecule has 1 saturated heterocycles. The molecule has 1 aliphatic heterocycles. The molecule has 0 amide bonds. The van der Waals surface area contributed by atoms with E-state index in [0.29, 0.717) is 10.9 Å². The van der Waals surface area contributed by atoms with Gasteiger partial charge in [-0.05, 0) is 44.4 Å². The summed E-state index contributed by atoms with van der Waals surface area (Å²) < 4.78 is 0. The largest absolute Gasteiger partial charge is 0.393 e. The lowest BCUT2D eigenvalue weighted by atomic mass is 9.93. The number of piperidine rings is 1. The molecule has 1 fully saturated rings. The van der Waals surface area contributed by atoms with Gasteiger partial charge in [-0.2, -0.15) is 0 Å². The average Bonchev–Trinajstić information content (AvgIpc) is 2.32. The van der Waals surface area contributed by atoms with Crippen LogP contribution in [0.2, 0.25) is 5.02 Å². The van der Waals surface area contributed by atoms with Crippen molar-refractivity contribution >= 4 is 11.6 Å². The van der Waals surface area contributed by atoms with E-state index < -0.39 is 0 Å². The monoisotopic (exact) mass is 254 g/mol. The van der Waals surface area contributed by atoms with Crippen LogP contribution in [-0.2, 0) is 6.54 Å². The third-order valence-corrected chi connectivity index (χ3v) is 3.62. The van der Waals surface area contributed by atoms with E-state index >= 15 is 0 Å². The van der Waals surface area contributed by atoms with Crippen LogP contribution in [0.4, 0.5) is 0 Å². The second-order valence-corrected chi connectivity index (χ2v) is 5.28. The number of rotatable bonds is 3. The fraction of sp³-hybridized carbons (Fsp3) is 0.615. The van der Waals surface area contributed by atoms with E-state index in [0.717, 1.165) is 38.2 Å². The molecular formula is C13H19ClN2O. The summed E-state index contributed by atoms with van der Waals surface area (Å²) >= 11 is 5.81. The second kappa shape index (κ2) is 5.80. The maximum atomic E-state index is 9.64. The van der Waals surface area contributed by atoms with E-state index in [4.69, 9.17) is 11.6 Å². The summed E-state index contributed by atoms with van der Waals surface area (Å²) in [6.07, 6.45) is 3.76. The van der Waals surface area contributed by atoms with Crippen LogP contribution in [0.5, 0.6) is 0 Å². The number of aliphatic hydroxyl groups excluding tert-OH is 1. The van der Waals surface area contributed by atoms with Crippen molar-refractivity contribution in [2.24, 2.45) is 5.92 Å². The molecule has 1 aliphatic rings. The van der Waals surface area contributed by atoms with Crippen molar-refractivity contribution in [3.8, 4) is 0 Å². The number of nitrogens with zero attached hydrogens (tertiary/aromatic N) is 2. The highest BCUT2D eigenvalue weighted by molar-refractivity contribution is 6.30. The molecule has 94 valence electrons. The Morgan fingerprint density at radius 2 is 2.41 bits per heavy atom. The summed E-state index contributed by atoms with van der Waals surface area (Å²) in [6, 6.07) is 3.84. The van der Waals surface area contributed by atoms with Gasteiger partial charge in [-0.25, -0.2) is 0 Å². The third kappa shape index (κ3) is 3.66. The number of hydrogen-bond acceptors (Lipinski definition) is 3. The molecule has 2 heterocycles. The van der Waals surface area contributed by atoms with Crippen molar-refractivity contribution in [1.29, 1.82) is 0 Å². The second-order valence-electron chi connectivity index (χ2n) is 4.85. The number of likely N-dealkylation sites (tertiary alicyclic amines) is 1. The van der Waals surface area contributed by atoms with Gasteiger partial charge in [0.1, 0.15) is 0 Å². The van der Waals surface area contributed by atoms with Crippen LogP contribution >= 0.6 is 11.6 Å². The molecule has 1 aromatic rings. The van der Waals surface area contributed by atoms with E-state index in [1.807, 2.05) is 19.1 Å². The summed E-state index contributed by atoms with van der Waals surface area (Å²) in [7, 11) is 0. The molecule has 0 aromatic carbocycles. The number of pyridine rings is 1. The van der Waals surface area contributed by atoms with Gasteiger partial charge in [-0.15, -0.1) is 0 Å². The predicted octanol–water partition coefficient (Wildman–Crippen LogP) is 2.33. The first-order valence-corrected chi connectivity index (χ1v) is 6.54. The number of hydrogen-bond donors (Lipinski definition) is 1. The number of aliphatic hydroxyl groups is 1. The lowest BCUT2D eigenvalue weighted by Crippen LogP contribution is -2.39. The molecule has 0 radical (unpaired) electrons. The van der Waals surface area contributed by atoms with E-state index in [9.17, 15) is 5.11 Å². The normalized spacial score (nSPS) is 23.6. The van der Waals surface area contributed by atoms with Crippen LogP contribution in [0.3, 0.4) is 0 Å². The lowest BCUT2D eigenvalue weighted by molar-refractivity contribution is 0.0594. The summed E-state index contributed by atoms with van der Waals surface area (Å²) in [6.45, 7) is 4.78. The molecule has 0 spiro atoms. The van der Waals surface area contributed by atoms with Crippen molar-refractivity contribution in [2.75, 3.05) is 13.1 Å². The molecule has 0 saturated carbocycles. The molecule has 1 N–H and O–H groups in total. The van der Waals surface area contributed by atoms with Gasteiger partial charge >= 0.3 is 0 Å². The first-order valence-electron chi connectivity index (χ1n) is 6.16. The Kier molecular flexibility index (Phi) is 4.37. The Bertz CT molecular complexity index is 353. The minimum Gasteiger partial charge on any atom is -0.393 e. The molecule has 0 aliphatic carbocycles. The van der Waals surface area contributed by atoms with Gasteiger partial charge in [-0.3, -0.25) is 9.88 Å². The molecule has 4 heteroatoms. The van der Waals surface area contributed by atoms with Crippen LogP contribution in [0.15, 0.2) is 18.3 Å². The van der Waals surface area contributed by atoms with E-state index in [1.165, 1.54) is 0 Å². The fourth-order valence-electron chi connectivity index (χ4n) is 2.36. The van der Waals surface area contributed by atoms with Crippen molar-refractivity contribution in [3.63, 3.8) is 0 Å². The van der Waals surface area contributed by atoms with Crippen molar-refractivity contribution in [1.82, 2.24) is 9.88 Å². The SMILES string of the molecule is CC(O)C1CCCN(Cc2ccc(Cl)cn2)C1. The van der Waals surface area contributed by atoms with Crippen LogP contribution in [0.1, 0.15) is 25.5 Å². The highest BCUT2D eigenvalue weighted by atomic mass is 35.5. The Labute approximate surface area is 107 Å². The van der Waals surface area contributed by atoms with Gasteiger partial charge in [0, 0.05) is 19.3 Å². The van der Waals surface area contributed by atoms with Crippen LogP contribution < -0.4 is 0 Å². The quantitative estimate of drug-likeness (QED) is 0.900. The summed E-state index contributed by atoms with van der Waals surface area (Å²) in [5.74, 6) is 0.399. The molecule has 1 aromatic heterocycles. The Hall–Kier alpha value is -0.640.